The Kier molecular flexibility index (Phi) is 7.72. The van der Waals surface area contributed by atoms with E-state index in [1.165, 1.54) is 9.20 Å². The van der Waals surface area contributed by atoms with E-state index in [1.54, 1.807) is 36.9 Å². The lowest BCUT2D eigenvalue weighted by molar-refractivity contribution is -0.123. The van der Waals surface area contributed by atoms with E-state index in [2.05, 4.69) is 5.32 Å². The van der Waals surface area contributed by atoms with Gasteiger partial charge in [-0.15, -0.1) is 11.8 Å². The molecule has 1 atom stereocenters. The third-order valence-electron chi connectivity index (χ3n) is 6.15. The minimum Gasteiger partial charge on any atom is -0.484 e. The summed E-state index contributed by atoms with van der Waals surface area (Å²) in [6.45, 7) is 4.01. The summed E-state index contributed by atoms with van der Waals surface area (Å²) in [6, 6.07) is 20.3. The number of amides is 1. The van der Waals surface area contributed by atoms with Crippen molar-refractivity contribution in [2.45, 2.75) is 42.5 Å². The summed E-state index contributed by atoms with van der Waals surface area (Å²) >= 11 is 1.67. The van der Waals surface area contributed by atoms with Gasteiger partial charge in [0.1, 0.15) is 5.75 Å². The number of sulfonamides is 1. The number of nitrogens with zero attached hydrogens (tertiary/aromatic N) is 1. The fraction of sp³-hybridized carbons (Fsp3) is 0.296. The molecule has 1 unspecified atom stereocenters. The number of benzene rings is 3. The molecular weight excluding hydrogens is 480 g/mol. The van der Waals surface area contributed by atoms with Crippen molar-refractivity contribution in [3.63, 3.8) is 0 Å². The monoisotopic (exact) mass is 510 g/mol. The summed E-state index contributed by atoms with van der Waals surface area (Å²) in [4.78, 5) is 13.8. The Hall–Kier alpha value is -2.97. The first-order chi connectivity index (χ1) is 16.8. The molecule has 1 N–H and O–H groups in total. The highest BCUT2D eigenvalue weighted by Gasteiger charge is 2.29. The lowest BCUT2D eigenvalue weighted by Crippen LogP contribution is -2.35. The molecule has 3 aromatic rings. The SMILES string of the molecule is CSc1ccc(C(C)NC(=O)COc2ccc(S(=O)(=O)N3CCCc4ccccc43)cc2C)cc1. The van der Waals surface area contributed by atoms with E-state index in [-0.39, 0.29) is 23.5 Å². The number of rotatable bonds is 8. The largest absolute Gasteiger partial charge is 0.484 e. The van der Waals surface area contributed by atoms with Crippen LogP contribution in [0.3, 0.4) is 0 Å². The van der Waals surface area contributed by atoms with Gasteiger partial charge in [-0.2, -0.15) is 0 Å². The first kappa shape index (κ1) is 25.1. The molecule has 0 saturated heterocycles. The number of nitrogens with one attached hydrogen (secondary N) is 1. The number of ether oxygens (including phenoxy) is 1. The van der Waals surface area contributed by atoms with Crippen LogP contribution in [0.2, 0.25) is 0 Å². The second-order valence-corrected chi connectivity index (χ2v) is 11.3. The zero-order valence-electron chi connectivity index (χ0n) is 20.2. The Morgan fingerprint density at radius 1 is 1.11 bits per heavy atom. The van der Waals surface area contributed by atoms with Crippen LogP contribution in [-0.4, -0.2) is 33.7 Å². The predicted octanol–water partition coefficient (Wildman–Crippen LogP) is 5.11. The van der Waals surface area contributed by atoms with Gasteiger partial charge in [0, 0.05) is 11.4 Å². The molecule has 35 heavy (non-hydrogen) atoms. The summed E-state index contributed by atoms with van der Waals surface area (Å²) in [6.07, 6.45) is 3.68. The van der Waals surface area contributed by atoms with Crippen molar-refractivity contribution in [2.75, 3.05) is 23.7 Å². The Balaban J connectivity index is 1.41. The highest BCUT2D eigenvalue weighted by molar-refractivity contribution is 7.98. The molecule has 1 heterocycles. The second-order valence-electron chi connectivity index (χ2n) is 8.59. The first-order valence-corrected chi connectivity index (χ1v) is 14.2. The van der Waals surface area contributed by atoms with Gasteiger partial charge in [0.25, 0.3) is 15.9 Å². The summed E-state index contributed by atoms with van der Waals surface area (Å²) in [5.74, 6) is 0.239. The molecule has 184 valence electrons. The van der Waals surface area contributed by atoms with Gasteiger partial charge in [0.15, 0.2) is 6.61 Å². The minimum absolute atomic E-state index is 0.150. The Morgan fingerprint density at radius 2 is 1.86 bits per heavy atom. The van der Waals surface area contributed by atoms with Gasteiger partial charge in [-0.1, -0.05) is 30.3 Å². The third kappa shape index (κ3) is 5.65. The van der Waals surface area contributed by atoms with Gasteiger partial charge in [0.05, 0.1) is 16.6 Å². The number of aryl methyl sites for hydroxylation is 2. The molecule has 1 aliphatic heterocycles. The maximum atomic E-state index is 13.4. The number of anilines is 1. The topological polar surface area (TPSA) is 75.7 Å². The molecule has 8 heteroatoms. The van der Waals surface area contributed by atoms with Crippen molar-refractivity contribution in [3.8, 4) is 5.75 Å². The van der Waals surface area contributed by atoms with Gasteiger partial charge >= 0.3 is 0 Å². The van der Waals surface area contributed by atoms with Crippen LogP contribution in [-0.2, 0) is 21.2 Å². The average molecular weight is 511 g/mol. The summed E-state index contributed by atoms with van der Waals surface area (Å²) in [5, 5.41) is 2.94. The van der Waals surface area contributed by atoms with Gasteiger partial charge < -0.3 is 10.1 Å². The van der Waals surface area contributed by atoms with Crippen molar-refractivity contribution >= 4 is 33.4 Å². The van der Waals surface area contributed by atoms with Crippen LogP contribution in [0, 0.1) is 6.92 Å². The van der Waals surface area contributed by atoms with E-state index >= 15 is 0 Å². The average Bonchev–Trinajstić information content (AvgIpc) is 2.87. The van der Waals surface area contributed by atoms with Gasteiger partial charge in [0.2, 0.25) is 0 Å². The molecule has 3 aromatic carbocycles. The molecule has 4 rings (SSSR count). The number of hydrogen-bond donors (Lipinski definition) is 1. The van der Waals surface area contributed by atoms with E-state index < -0.39 is 10.0 Å². The molecule has 0 aliphatic carbocycles. The van der Waals surface area contributed by atoms with Crippen LogP contribution >= 0.6 is 11.8 Å². The predicted molar refractivity (Wildman–Crippen MR) is 141 cm³/mol. The smallest absolute Gasteiger partial charge is 0.264 e. The number of carbonyl (C=O) groups is 1. The summed E-state index contributed by atoms with van der Waals surface area (Å²) in [5.41, 5.74) is 3.45. The van der Waals surface area contributed by atoms with Gasteiger partial charge in [-0.05, 0) is 86.0 Å². The zero-order valence-corrected chi connectivity index (χ0v) is 21.8. The second kappa shape index (κ2) is 10.7. The van der Waals surface area contributed by atoms with Crippen molar-refractivity contribution < 1.29 is 17.9 Å². The third-order valence-corrected chi connectivity index (χ3v) is 8.71. The Morgan fingerprint density at radius 3 is 2.57 bits per heavy atom. The highest BCUT2D eigenvalue weighted by atomic mass is 32.2. The molecule has 0 saturated carbocycles. The standard InChI is InChI=1S/C27H30N2O4S2/c1-19-17-24(35(31,32)29-16-6-8-22-7-4-5-9-25(22)29)14-15-26(19)33-18-27(30)28-20(2)21-10-12-23(34-3)13-11-21/h4-5,7,9-15,17,20H,6,8,16,18H2,1-3H3,(H,28,30). The Bertz CT molecular complexity index is 1310. The number of fused-ring (bicyclic) bond motifs is 1. The molecule has 6 nitrogen and oxygen atoms in total. The number of para-hydroxylation sites is 1. The van der Waals surface area contributed by atoms with Gasteiger partial charge in [-0.3, -0.25) is 9.10 Å². The van der Waals surface area contributed by atoms with E-state index in [9.17, 15) is 13.2 Å². The van der Waals surface area contributed by atoms with Crippen LogP contribution in [0.25, 0.3) is 0 Å². The van der Waals surface area contributed by atoms with Crippen LogP contribution in [0.1, 0.15) is 36.1 Å². The number of thioether (sulfide) groups is 1. The van der Waals surface area contributed by atoms with Crippen molar-refractivity contribution in [2.24, 2.45) is 0 Å². The maximum Gasteiger partial charge on any atom is 0.264 e. The lowest BCUT2D eigenvalue weighted by Gasteiger charge is -2.30. The van der Waals surface area contributed by atoms with E-state index in [4.69, 9.17) is 4.74 Å². The normalized spacial score (nSPS) is 14.2. The molecule has 0 spiro atoms. The molecule has 0 bridgehead atoms. The quantitative estimate of drug-likeness (QED) is 0.426. The van der Waals surface area contributed by atoms with E-state index in [0.717, 1.165) is 29.7 Å². The van der Waals surface area contributed by atoms with E-state index in [1.807, 2.05) is 61.7 Å². The summed E-state index contributed by atoms with van der Waals surface area (Å²) in [7, 11) is -3.70. The molecular formula is C27H30N2O4S2. The van der Waals surface area contributed by atoms with Crippen LogP contribution in [0.15, 0.2) is 76.5 Å². The molecule has 1 aliphatic rings. The molecule has 1 amide bonds. The maximum absolute atomic E-state index is 13.4. The summed E-state index contributed by atoms with van der Waals surface area (Å²) < 4.78 is 34.0. The van der Waals surface area contributed by atoms with Crippen LogP contribution in [0.5, 0.6) is 5.75 Å². The van der Waals surface area contributed by atoms with Crippen LogP contribution < -0.4 is 14.4 Å². The number of hydrogen-bond acceptors (Lipinski definition) is 5. The molecule has 0 fully saturated rings. The highest BCUT2D eigenvalue weighted by Crippen LogP contribution is 2.33. The minimum atomic E-state index is -3.70. The molecule has 0 aromatic heterocycles. The van der Waals surface area contributed by atoms with Crippen molar-refractivity contribution in [1.29, 1.82) is 0 Å². The van der Waals surface area contributed by atoms with E-state index in [0.29, 0.717) is 17.9 Å². The van der Waals surface area contributed by atoms with Crippen LogP contribution in [0.4, 0.5) is 5.69 Å². The van der Waals surface area contributed by atoms with Gasteiger partial charge in [-0.25, -0.2) is 8.42 Å². The zero-order chi connectivity index (χ0) is 25.0. The first-order valence-electron chi connectivity index (χ1n) is 11.6. The molecule has 0 radical (unpaired) electrons. The van der Waals surface area contributed by atoms with Crippen molar-refractivity contribution in [1.82, 2.24) is 5.32 Å². The lowest BCUT2D eigenvalue weighted by atomic mass is 10.0. The Labute approximate surface area is 211 Å². The number of carbonyl (C=O) groups excluding carboxylic acids is 1. The fourth-order valence-electron chi connectivity index (χ4n) is 4.22. The fourth-order valence-corrected chi connectivity index (χ4v) is 6.26. The van der Waals surface area contributed by atoms with Crippen molar-refractivity contribution in [3.05, 3.63) is 83.4 Å².